The van der Waals surface area contributed by atoms with Crippen LogP contribution in [0.1, 0.15) is 23.6 Å². The lowest BCUT2D eigenvalue weighted by Gasteiger charge is -2.12. The monoisotopic (exact) mass is 250 g/mol. The SMILES string of the molecule is C=C(C)c1cccc(C(=C)c2ccccc2OC)c1. The van der Waals surface area contributed by atoms with Crippen LogP contribution in [0.4, 0.5) is 0 Å². The van der Waals surface area contributed by atoms with E-state index in [0.29, 0.717) is 0 Å². The minimum atomic E-state index is 0.841. The molecule has 0 saturated heterocycles. The summed E-state index contributed by atoms with van der Waals surface area (Å²) < 4.78 is 5.39. The number of ether oxygens (including phenoxy) is 1. The first-order valence-electron chi connectivity index (χ1n) is 6.22. The van der Waals surface area contributed by atoms with Gasteiger partial charge in [-0.05, 0) is 35.8 Å². The highest BCUT2D eigenvalue weighted by Crippen LogP contribution is 2.30. The molecule has 0 aromatic heterocycles. The van der Waals surface area contributed by atoms with Crippen molar-refractivity contribution in [3.8, 4) is 5.75 Å². The Hall–Kier alpha value is -2.28. The van der Waals surface area contributed by atoms with E-state index >= 15 is 0 Å². The fraction of sp³-hybridized carbons (Fsp3) is 0.111. The van der Waals surface area contributed by atoms with Crippen molar-refractivity contribution in [1.29, 1.82) is 0 Å². The molecule has 96 valence electrons. The predicted molar refractivity (Wildman–Crippen MR) is 82.3 cm³/mol. The number of methoxy groups -OCH3 is 1. The summed E-state index contributed by atoms with van der Waals surface area (Å²) in [4.78, 5) is 0. The van der Waals surface area contributed by atoms with Crippen molar-refractivity contribution in [3.05, 3.63) is 78.4 Å². The van der Waals surface area contributed by atoms with E-state index in [1.54, 1.807) is 7.11 Å². The van der Waals surface area contributed by atoms with Crippen LogP contribution < -0.4 is 4.74 Å². The van der Waals surface area contributed by atoms with Crippen molar-refractivity contribution in [2.24, 2.45) is 0 Å². The van der Waals surface area contributed by atoms with Crippen LogP contribution >= 0.6 is 0 Å². The maximum absolute atomic E-state index is 5.39. The third-order valence-corrected chi connectivity index (χ3v) is 3.14. The van der Waals surface area contributed by atoms with Crippen LogP contribution in [0, 0.1) is 0 Å². The summed E-state index contributed by atoms with van der Waals surface area (Å²) in [6.07, 6.45) is 0. The molecule has 0 amide bonds. The van der Waals surface area contributed by atoms with E-state index in [9.17, 15) is 0 Å². The van der Waals surface area contributed by atoms with Crippen LogP contribution in [0.2, 0.25) is 0 Å². The molecule has 2 aromatic rings. The molecule has 0 bridgehead atoms. The number of benzene rings is 2. The van der Waals surface area contributed by atoms with Gasteiger partial charge in [0.25, 0.3) is 0 Å². The van der Waals surface area contributed by atoms with Gasteiger partial charge in [0.1, 0.15) is 5.75 Å². The summed E-state index contributed by atoms with van der Waals surface area (Å²) in [6.45, 7) is 10.2. The zero-order chi connectivity index (χ0) is 13.8. The summed E-state index contributed by atoms with van der Waals surface area (Å²) in [5.74, 6) is 0.841. The Kier molecular flexibility index (Phi) is 3.86. The Labute approximate surface area is 114 Å². The van der Waals surface area contributed by atoms with Crippen LogP contribution in [-0.4, -0.2) is 7.11 Å². The quantitative estimate of drug-likeness (QED) is 0.758. The molecule has 0 saturated carbocycles. The Morgan fingerprint density at radius 1 is 0.947 bits per heavy atom. The maximum Gasteiger partial charge on any atom is 0.126 e. The molecule has 2 rings (SSSR count). The lowest BCUT2D eigenvalue weighted by Crippen LogP contribution is -1.93. The van der Waals surface area contributed by atoms with Crippen molar-refractivity contribution in [3.63, 3.8) is 0 Å². The Morgan fingerprint density at radius 2 is 1.63 bits per heavy atom. The average molecular weight is 250 g/mol. The van der Waals surface area contributed by atoms with Crippen LogP contribution in [0.3, 0.4) is 0 Å². The second kappa shape index (κ2) is 5.57. The predicted octanol–water partition coefficient (Wildman–Crippen LogP) is 4.79. The molecule has 0 radical (unpaired) electrons. The molecule has 0 aliphatic carbocycles. The highest BCUT2D eigenvalue weighted by molar-refractivity contribution is 5.82. The molecule has 19 heavy (non-hydrogen) atoms. The number of hydrogen-bond donors (Lipinski definition) is 0. The number of hydrogen-bond acceptors (Lipinski definition) is 1. The molecule has 1 nitrogen and oxygen atoms in total. The van der Waals surface area contributed by atoms with Gasteiger partial charge in [-0.15, -0.1) is 0 Å². The first-order chi connectivity index (χ1) is 9.13. The van der Waals surface area contributed by atoms with Crippen molar-refractivity contribution in [2.45, 2.75) is 6.92 Å². The van der Waals surface area contributed by atoms with Gasteiger partial charge in [0.15, 0.2) is 0 Å². The van der Waals surface area contributed by atoms with Crippen LogP contribution in [-0.2, 0) is 0 Å². The molecule has 0 fully saturated rings. The molecule has 2 aromatic carbocycles. The van der Waals surface area contributed by atoms with E-state index in [-0.39, 0.29) is 0 Å². The van der Waals surface area contributed by atoms with E-state index in [1.165, 1.54) is 0 Å². The van der Waals surface area contributed by atoms with Gasteiger partial charge in [-0.1, -0.05) is 55.1 Å². The lowest BCUT2D eigenvalue weighted by atomic mass is 9.96. The van der Waals surface area contributed by atoms with Gasteiger partial charge in [-0.25, -0.2) is 0 Å². The minimum absolute atomic E-state index is 0.841. The summed E-state index contributed by atoms with van der Waals surface area (Å²) >= 11 is 0. The van der Waals surface area contributed by atoms with Crippen molar-refractivity contribution in [1.82, 2.24) is 0 Å². The molecular formula is C18H18O. The minimum Gasteiger partial charge on any atom is -0.496 e. The van der Waals surface area contributed by atoms with Crippen molar-refractivity contribution >= 4 is 11.1 Å². The van der Waals surface area contributed by atoms with Gasteiger partial charge in [-0.2, -0.15) is 0 Å². The van der Waals surface area contributed by atoms with Gasteiger partial charge in [0.2, 0.25) is 0 Å². The topological polar surface area (TPSA) is 9.23 Å². The van der Waals surface area contributed by atoms with Gasteiger partial charge < -0.3 is 4.74 Å². The summed E-state index contributed by atoms with van der Waals surface area (Å²) in [5, 5.41) is 0. The Morgan fingerprint density at radius 3 is 2.32 bits per heavy atom. The molecule has 0 N–H and O–H groups in total. The normalized spacial score (nSPS) is 10.0. The molecule has 0 heterocycles. The standard InChI is InChI=1S/C18H18O/c1-13(2)15-8-7-9-16(12-15)14(3)17-10-5-6-11-18(17)19-4/h5-12H,1,3H2,2,4H3. The largest absolute Gasteiger partial charge is 0.496 e. The molecule has 0 spiro atoms. The number of rotatable bonds is 4. The van der Waals surface area contributed by atoms with Gasteiger partial charge in [0, 0.05) is 5.56 Å². The fourth-order valence-electron chi connectivity index (χ4n) is 2.02. The second-order valence-electron chi connectivity index (χ2n) is 4.54. The molecule has 1 heteroatoms. The van der Waals surface area contributed by atoms with E-state index in [1.807, 2.05) is 37.3 Å². The first kappa shape index (κ1) is 13.2. The van der Waals surface area contributed by atoms with E-state index < -0.39 is 0 Å². The van der Waals surface area contributed by atoms with Gasteiger partial charge >= 0.3 is 0 Å². The molecule has 0 aliphatic heterocycles. The fourth-order valence-corrected chi connectivity index (χ4v) is 2.02. The van der Waals surface area contributed by atoms with E-state index in [0.717, 1.165) is 33.6 Å². The van der Waals surface area contributed by atoms with E-state index in [2.05, 4.69) is 31.4 Å². The smallest absolute Gasteiger partial charge is 0.126 e. The maximum atomic E-state index is 5.39. The summed E-state index contributed by atoms with van der Waals surface area (Å²) in [5.41, 5.74) is 5.25. The van der Waals surface area contributed by atoms with Crippen LogP contribution in [0.25, 0.3) is 11.1 Å². The lowest BCUT2D eigenvalue weighted by molar-refractivity contribution is 0.413. The Balaban J connectivity index is 2.44. The van der Waals surface area contributed by atoms with Crippen molar-refractivity contribution < 1.29 is 4.74 Å². The number of para-hydroxylation sites is 1. The molecule has 0 atom stereocenters. The Bertz CT molecular complexity index is 623. The van der Waals surface area contributed by atoms with E-state index in [4.69, 9.17) is 4.74 Å². The van der Waals surface area contributed by atoms with Gasteiger partial charge in [0.05, 0.1) is 7.11 Å². The molecule has 0 aliphatic rings. The third kappa shape index (κ3) is 2.76. The summed E-state index contributed by atoms with van der Waals surface area (Å²) in [6, 6.07) is 16.2. The first-order valence-corrected chi connectivity index (χ1v) is 6.22. The van der Waals surface area contributed by atoms with Crippen LogP contribution in [0.15, 0.2) is 61.7 Å². The zero-order valence-corrected chi connectivity index (χ0v) is 11.4. The van der Waals surface area contributed by atoms with Crippen molar-refractivity contribution in [2.75, 3.05) is 7.11 Å². The molecule has 0 unspecified atom stereocenters. The highest BCUT2D eigenvalue weighted by Gasteiger charge is 2.08. The summed E-state index contributed by atoms with van der Waals surface area (Å²) in [7, 11) is 1.68. The molecular weight excluding hydrogens is 232 g/mol. The van der Waals surface area contributed by atoms with Gasteiger partial charge in [-0.3, -0.25) is 0 Å². The zero-order valence-electron chi connectivity index (χ0n) is 11.4. The van der Waals surface area contributed by atoms with Crippen LogP contribution in [0.5, 0.6) is 5.75 Å². The number of allylic oxidation sites excluding steroid dienone is 1. The highest BCUT2D eigenvalue weighted by atomic mass is 16.5. The average Bonchev–Trinajstić information content (AvgIpc) is 2.46. The third-order valence-electron chi connectivity index (χ3n) is 3.14. The second-order valence-corrected chi connectivity index (χ2v) is 4.54.